The maximum Gasteiger partial charge on any atom is 0.410 e. The first-order valence-electron chi connectivity index (χ1n) is 11.1. The van der Waals surface area contributed by atoms with Gasteiger partial charge in [0.1, 0.15) is 17.8 Å². The number of pyridine rings is 1. The second-order valence-electron chi connectivity index (χ2n) is 10.6. The molecule has 1 aromatic heterocycles. The topological polar surface area (TPSA) is 72.0 Å². The fourth-order valence-electron chi connectivity index (χ4n) is 5.09. The number of ether oxygens (including phenoxy) is 2. The zero-order valence-corrected chi connectivity index (χ0v) is 18.3. The summed E-state index contributed by atoms with van der Waals surface area (Å²) in [5, 5.41) is 0. The molecule has 5 rings (SSSR count). The predicted molar refractivity (Wildman–Crippen MR) is 111 cm³/mol. The van der Waals surface area contributed by atoms with Crippen molar-refractivity contribution in [2.45, 2.75) is 77.0 Å². The van der Waals surface area contributed by atoms with Crippen LogP contribution in [0.25, 0.3) is 0 Å². The Hall–Kier alpha value is -2.31. The second-order valence-corrected chi connectivity index (χ2v) is 10.6. The lowest BCUT2D eigenvalue weighted by atomic mass is 9.60. The van der Waals surface area contributed by atoms with Crippen molar-refractivity contribution in [1.82, 2.24) is 14.8 Å². The number of hydrogen-bond acceptors (Lipinski definition) is 5. The average molecular weight is 414 g/mol. The van der Waals surface area contributed by atoms with Crippen molar-refractivity contribution >= 4 is 12.0 Å². The van der Waals surface area contributed by atoms with Crippen molar-refractivity contribution in [2.75, 3.05) is 19.7 Å². The molecule has 0 bridgehead atoms. The molecular weight excluding hydrogens is 382 g/mol. The molecule has 2 aliphatic carbocycles. The van der Waals surface area contributed by atoms with E-state index in [1.54, 1.807) is 4.90 Å². The Morgan fingerprint density at radius 1 is 1.23 bits per heavy atom. The number of aromatic nitrogens is 1. The van der Waals surface area contributed by atoms with Crippen LogP contribution in [-0.2, 0) is 4.74 Å². The van der Waals surface area contributed by atoms with E-state index in [1.165, 1.54) is 12.8 Å². The summed E-state index contributed by atoms with van der Waals surface area (Å²) in [5.74, 6) is 1.05. The van der Waals surface area contributed by atoms with Gasteiger partial charge in [-0.15, -0.1) is 0 Å². The van der Waals surface area contributed by atoms with Crippen LogP contribution in [0.2, 0.25) is 0 Å². The third-order valence-corrected chi connectivity index (χ3v) is 6.71. The molecule has 2 saturated carbocycles. The highest BCUT2D eigenvalue weighted by molar-refractivity contribution is 5.97. The van der Waals surface area contributed by atoms with Crippen LogP contribution in [-0.4, -0.2) is 64.2 Å². The van der Waals surface area contributed by atoms with Gasteiger partial charge in [0, 0.05) is 36.2 Å². The Balaban J connectivity index is 1.24. The van der Waals surface area contributed by atoms with Gasteiger partial charge in [0.15, 0.2) is 0 Å². The van der Waals surface area contributed by atoms with Crippen LogP contribution < -0.4 is 4.74 Å². The minimum absolute atomic E-state index is 0.000426. The van der Waals surface area contributed by atoms with Crippen LogP contribution >= 0.6 is 0 Å². The molecule has 2 aliphatic heterocycles. The van der Waals surface area contributed by atoms with Gasteiger partial charge in [-0.3, -0.25) is 4.79 Å². The summed E-state index contributed by atoms with van der Waals surface area (Å²) in [6, 6.07) is 4.07. The molecule has 1 aromatic rings. The van der Waals surface area contributed by atoms with Gasteiger partial charge >= 0.3 is 6.09 Å². The maximum atomic E-state index is 13.3. The predicted octanol–water partition coefficient (Wildman–Crippen LogP) is 3.58. The molecule has 1 saturated heterocycles. The number of likely N-dealkylation sites (tertiary alicyclic amines) is 1. The average Bonchev–Trinajstić information content (AvgIpc) is 3.43. The molecule has 7 nitrogen and oxygen atoms in total. The summed E-state index contributed by atoms with van der Waals surface area (Å²) >= 11 is 0. The molecule has 0 N–H and O–H groups in total. The number of hydrogen-bond donors (Lipinski definition) is 0. The van der Waals surface area contributed by atoms with Crippen LogP contribution in [0.5, 0.6) is 5.88 Å². The van der Waals surface area contributed by atoms with E-state index < -0.39 is 5.60 Å². The highest BCUT2D eigenvalue weighted by Gasteiger charge is 2.57. The molecule has 3 heterocycles. The lowest BCUT2D eigenvalue weighted by Crippen LogP contribution is -2.69. The van der Waals surface area contributed by atoms with E-state index in [-0.39, 0.29) is 29.5 Å². The second kappa shape index (κ2) is 6.59. The Labute approximate surface area is 177 Å². The number of rotatable bonds is 2. The van der Waals surface area contributed by atoms with Gasteiger partial charge in [-0.2, -0.15) is 0 Å². The van der Waals surface area contributed by atoms with Gasteiger partial charge in [-0.25, -0.2) is 9.78 Å². The Morgan fingerprint density at radius 3 is 2.57 bits per heavy atom. The third-order valence-electron chi connectivity index (χ3n) is 6.71. The Bertz CT molecular complexity index is 875. The molecule has 7 heteroatoms. The van der Waals surface area contributed by atoms with Gasteiger partial charge in [0.05, 0.1) is 6.04 Å². The van der Waals surface area contributed by atoms with Crippen molar-refractivity contribution in [2.24, 2.45) is 5.41 Å². The Morgan fingerprint density at radius 2 is 1.93 bits per heavy atom. The molecule has 4 aliphatic rings. The lowest BCUT2D eigenvalue weighted by molar-refractivity contribution is -0.107. The number of carbonyl (C=O) groups excluding carboxylic acids is 2. The standard InChI is InChI=1S/C23H31N3O4/c1-14-11-29-19-17(7-8-18(24-19)15-5-6-15)20(27)26(14)16-9-23(10-16)12-25(13-23)21(28)30-22(2,3)4/h7-8,14-16H,5-6,9-13H2,1-4H3/t14-/m1/s1. The summed E-state index contributed by atoms with van der Waals surface area (Å²) in [6.45, 7) is 9.60. The SMILES string of the molecule is C[C@@H]1COc2nc(C3CC3)ccc2C(=O)N1C1CC2(C1)CN(C(=O)OC(C)(C)C)C2. The van der Waals surface area contributed by atoms with Crippen molar-refractivity contribution in [1.29, 1.82) is 0 Å². The van der Waals surface area contributed by atoms with E-state index >= 15 is 0 Å². The first kappa shape index (κ1) is 19.6. The molecule has 162 valence electrons. The fourth-order valence-corrected chi connectivity index (χ4v) is 5.09. The van der Waals surface area contributed by atoms with E-state index in [4.69, 9.17) is 9.47 Å². The van der Waals surface area contributed by atoms with Crippen molar-refractivity contribution < 1.29 is 19.1 Å². The number of amides is 2. The normalized spacial score (nSPS) is 25.7. The zero-order chi connectivity index (χ0) is 21.3. The van der Waals surface area contributed by atoms with Crippen LogP contribution in [0.1, 0.15) is 75.3 Å². The fraction of sp³-hybridized carbons (Fsp3) is 0.696. The number of carbonyl (C=O) groups is 2. The van der Waals surface area contributed by atoms with Gasteiger partial charge in [0.2, 0.25) is 5.88 Å². The molecular formula is C23H31N3O4. The summed E-state index contributed by atoms with van der Waals surface area (Å²) < 4.78 is 11.4. The Kier molecular flexibility index (Phi) is 4.32. The zero-order valence-electron chi connectivity index (χ0n) is 18.3. The monoisotopic (exact) mass is 413 g/mol. The van der Waals surface area contributed by atoms with Crippen LogP contribution in [0, 0.1) is 5.41 Å². The van der Waals surface area contributed by atoms with E-state index in [1.807, 2.05) is 44.7 Å². The lowest BCUT2D eigenvalue weighted by Gasteiger charge is -2.61. The first-order valence-corrected chi connectivity index (χ1v) is 11.1. The third kappa shape index (κ3) is 3.42. The van der Waals surface area contributed by atoms with Gasteiger partial charge in [-0.1, -0.05) is 0 Å². The van der Waals surface area contributed by atoms with E-state index in [0.717, 1.165) is 18.5 Å². The van der Waals surface area contributed by atoms with Gasteiger partial charge in [-0.05, 0) is 65.5 Å². The van der Waals surface area contributed by atoms with Gasteiger partial charge in [0.25, 0.3) is 5.91 Å². The molecule has 1 spiro atoms. The van der Waals surface area contributed by atoms with E-state index in [0.29, 0.717) is 37.1 Å². The molecule has 0 radical (unpaired) electrons. The molecule has 0 aromatic carbocycles. The summed E-state index contributed by atoms with van der Waals surface area (Å²) in [7, 11) is 0. The highest BCUT2D eigenvalue weighted by atomic mass is 16.6. The largest absolute Gasteiger partial charge is 0.475 e. The number of nitrogens with zero attached hydrogens (tertiary/aromatic N) is 3. The van der Waals surface area contributed by atoms with Crippen LogP contribution in [0.15, 0.2) is 12.1 Å². The van der Waals surface area contributed by atoms with Crippen LogP contribution in [0.3, 0.4) is 0 Å². The highest BCUT2D eigenvalue weighted by Crippen LogP contribution is 2.51. The molecule has 3 fully saturated rings. The minimum atomic E-state index is -0.476. The summed E-state index contributed by atoms with van der Waals surface area (Å²) in [6.07, 6.45) is 3.95. The molecule has 2 amide bonds. The smallest absolute Gasteiger partial charge is 0.410 e. The van der Waals surface area contributed by atoms with E-state index in [9.17, 15) is 9.59 Å². The van der Waals surface area contributed by atoms with Crippen LogP contribution in [0.4, 0.5) is 4.79 Å². The summed E-state index contributed by atoms with van der Waals surface area (Å²) in [4.78, 5) is 34.0. The molecule has 0 unspecified atom stereocenters. The van der Waals surface area contributed by atoms with E-state index in [2.05, 4.69) is 4.98 Å². The van der Waals surface area contributed by atoms with Crippen molar-refractivity contribution in [3.05, 3.63) is 23.4 Å². The van der Waals surface area contributed by atoms with Gasteiger partial charge < -0.3 is 19.3 Å². The quantitative estimate of drug-likeness (QED) is 0.741. The molecule has 1 atom stereocenters. The van der Waals surface area contributed by atoms with Crippen molar-refractivity contribution in [3.8, 4) is 5.88 Å². The van der Waals surface area contributed by atoms with Crippen molar-refractivity contribution in [3.63, 3.8) is 0 Å². The number of fused-ring (bicyclic) bond motifs is 1. The summed E-state index contributed by atoms with van der Waals surface area (Å²) in [5.41, 5.74) is 1.28. The first-order chi connectivity index (χ1) is 14.1. The molecule has 30 heavy (non-hydrogen) atoms. The maximum absolute atomic E-state index is 13.3. The minimum Gasteiger partial charge on any atom is -0.475 e.